The molecular formula is C81H71BrN2. The Morgan fingerprint density at radius 1 is 0.310 bits per heavy atom. The topological polar surface area (TPSA) is 29.3 Å². The fourth-order valence-electron chi connectivity index (χ4n) is 14.3. The molecule has 0 aliphatic heterocycles. The van der Waals surface area contributed by atoms with Gasteiger partial charge in [0.15, 0.2) is 0 Å². The number of nitrogens with zero attached hydrogens (tertiary/aromatic N) is 1. The molecule has 12 aromatic carbocycles. The SMILES string of the molecule is CC1(C)c2ccccc2-c2ccc(Br)cc21.Cc1cc(-c2cccc3ccccc23)cc(C)c1N.Cc1cc(-c2cccc3ccccc23)cc(C)c1N(c1ccc2c(c1)C(C)(C)c1ccccc1-2)c1ccc2c(c1)C(C)(C)c1ccccc1-2. The minimum atomic E-state index is -0.0858. The molecule has 0 saturated heterocycles. The molecule has 0 saturated carbocycles. The third kappa shape index (κ3) is 9.07. The average Bonchev–Trinajstić information content (AvgIpc) is 2.00. The molecule has 0 unspecified atom stereocenters. The van der Waals surface area contributed by atoms with E-state index < -0.39 is 0 Å². The van der Waals surface area contributed by atoms with Gasteiger partial charge in [-0.3, -0.25) is 0 Å². The maximum atomic E-state index is 6.04. The summed E-state index contributed by atoms with van der Waals surface area (Å²) in [5, 5.41) is 5.11. The average molecular weight is 1150 g/mol. The van der Waals surface area contributed by atoms with Gasteiger partial charge < -0.3 is 10.6 Å². The molecule has 0 atom stereocenters. The zero-order valence-electron chi connectivity index (χ0n) is 49.9. The fourth-order valence-corrected chi connectivity index (χ4v) is 14.7. The van der Waals surface area contributed by atoms with Crippen LogP contribution >= 0.6 is 15.9 Å². The molecule has 0 amide bonds. The van der Waals surface area contributed by atoms with Gasteiger partial charge in [0.05, 0.1) is 5.69 Å². The van der Waals surface area contributed by atoms with E-state index in [0.29, 0.717) is 0 Å². The lowest BCUT2D eigenvalue weighted by molar-refractivity contribution is 0.660. The van der Waals surface area contributed by atoms with Crippen molar-refractivity contribution < 1.29 is 0 Å². The molecule has 0 aromatic heterocycles. The number of benzene rings is 12. The standard InChI is InChI=1S/C48H41N.C18H17N.C15H13Br/c1-30-26-33(37-19-13-15-32-14-7-8-16-36(32)37)27-31(2)46(30)49(34-22-24-40-38-17-9-11-20-42(38)47(3,4)44(40)28-34)35-23-25-41-39-18-10-12-21-43(39)48(5,6)45(41)29-35;1-12-10-15(11-13(2)18(12)19)17-9-5-7-14-6-3-4-8-16(14)17;1-15(2)13-6-4-3-5-11(13)12-8-7-10(16)9-14(12)15/h7-29H,1-6H3;3-11H,19H2,1-2H3;3-9H,1-2H3. The number of hydrogen-bond acceptors (Lipinski definition) is 2. The van der Waals surface area contributed by atoms with E-state index in [4.69, 9.17) is 5.73 Å². The van der Waals surface area contributed by atoms with E-state index in [-0.39, 0.29) is 16.2 Å². The maximum absolute atomic E-state index is 6.04. The first-order valence-corrected chi connectivity index (χ1v) is 30.3. The second kappa shape index (κ2) is 20.8. The van der Waals surface area contributed by atoms with Gasteiger partial charge in [-0.1, -0.05) is 233 Å². The van der Waals surface area contributed by atoms with Gasteiger partial charge in [0, 0.05) is 37.8 Å². The van der Waals surface area contributed by atoms with Gasteiger partial charge in [-0.25, -0.2) is 0 Å². The van der Waals surface area contributed by atoms with Crippen LogP contribution in [-0.4, -0.2) is 0 Å². The molecule has 15 rings (SSSR count). The van der Waals surface area contributed by atoms with Crippen LogP contribution in [0.5, 0.6) is 0 Å². The third-order valence-corrected chi connectivity index (χ3v) is 19.2. The van der Waals surface area contributed by atoms with Crippen molar-refractivity contribution >= 4 is 60.2 Å². The minimum absolute atomic E-state index is 0.0858. The Morgan fingerprint density at radius 3 is 1.06 bits per heavy atom. The van der Waals surface area contributed by atoms with Crippen molar-refractivity contribution in [3.63, 3.8) is 0 Å². The van der Waals surface area contributed by atoms with Gasteiger partial charge >= 0.3 is 0 Å². The molecule has 3 aliphatic rings. The molecule has 0 heterocycles. The molecule has 12 aromatic rings. The molecule has 2 N–H and O–H groups in total. The Morgan fingerprint density at radius 2 is 0.631 bits per heavy atom. The Bertz CT molecular complexity index is 4450. The highest BCUT2D eigenvalue weighted by molar-refractivity contribution is 9.10. The monoisotopic (exact) mass is 1150 g/mol. The zero-order chi connectivity index (χ0) is 58.4. The summed E-state index contributed by atoms with van der Waals surface area (Å²) in [5.74, 6) is 0. The maximum Gasteiger partial charge on any atom is 0.0520 e. The number of halogens is 1. The largest absolute Gasteiger partial charge is 0.398 e. The van der Waals surface area contributed by atoms with E-state index >= 15 is 0 Å². The molecule has 0 spiro atoms. The smallest absolute Gasteiger partial charge is 0.0520 e. The summed E-state index contributed by atoms with van der Waals surface area (Å²) in [4.78, 5) is 2.52. The summed E-state index contributed by atoms with van der Waals surface area (Å²) in [6.07, 6.45) is 0. The number of nitrogens with two attached hydrogens (primary N) is 1. The summed E-state index contributed by atoms with van der Waals surface area (Å²) >= 11 is 3.56. The van der Waals surface area contributed by atoms with Gasteiger partial charge in [-0.05, 0) is 221 Å². The number of anilines is 4. The summed E-state index contributed by atoms with van der Waals surface area (Å²) < 4.78 is 1.16. The van der Waals surface area contributed by atoms with Crippen LogP contribution in [0.3, 0.4) is 0 Å². The quantitative estimate of drug-likeness (QED) is 0.174. The molecule has 2 nitrogen and oxygen atoms in total. The number of fused-ring (bicyclic) bond motifs is 11. The Kier molecular flexibility index (Phi) is 13.5. The van der Waals surface area contributed by atoms with Crippen LogP contribution in [0.2, 0.25) is 0 Å². The van der Waals surface area contributed by atoms with Crippen molar-refractivity contribution in [1.29, 1.82) is 0 Å². The number of aryl methyl sites for hydroxylation is 4. The van der Waals surface area contributed by atoms with E-state index in [9.17, 15) is 0 Å². The summed E-state index contributed by atoms with van der Waals surface area (Å²) in [6, 6.07) is 86.8. The zero-order valence-corrected chi connectivity index (χ0v) is 51.5. The van der Waals surface area contributed by atoms with Crippen LogP contribution in [-0.2, 0) is 16.2 Å². The Balaban J connectivity index is 0.000000152. The van der Waals surface area contributed by atoms with E-state index in [1.807, 2.05) is 0 Å². The van der Waals surface area contributed by atoms with E-state index in [1.54, 1.807) is 0 Å². The van der Waals surface area contributed by atoms with Crippen LogP contribution in [0.4, 0.5) is 22.7 Å². The first-order chi connectivity index (χ1) is 40.4. The molecule has 0 bridgehead atoms. The summed E-state index contributed by atoms with van der Waals surface area (Å²) in [7, 11) is 0. The van der Waals surface area contributed by atoms with Crippen molar-refractivity contribution in [2.45, 2.75) is 85.5 Å². The highest BCUT2D eigenvalue weighted by Crippen LogP contribution is 2.54. The fraction of sp³-hybridized carbons (Fsp3) is 0.160. The normalized spacial score (nSPS) is 14.0. The molecule has 0 radical (unpaired) electrons. The summed E-state index contributed by atoms with van der Waals surface area (Å²) in [5.41, 5.74) is 36.9. The van der Waals surface area contributed by atoms with Gasteiger partial charge in [0.2, 0.25) is 0 Å². The highest BCUT2D eigenvalue weighted by Gasteiger charge is 2.39. The predicted octanol–water partition coefficient (Wildman–Crippen LogP) is 22.7. The van der Waals surface area contributed by atoms with Crippen LogP contribution in [0.25, 0.3) is 77.2 Å². The van der Waals surface area contributed by atoms with Gasteiger partial charge in [0.1, 0.15) is 0 Å². The van der Waals surface area contributed by atoms with Crippen molar-refractivity contribution in [3.8, 4) is 55.6 Å². The summed E-state index contributed by atoms with van der Waals surface area (Å²) in [6.45, 7) is 22.8. The lowest BCUT2D eigenvalue weighted by atomic mass is 9.82. The Labute approximate surface area is 505 Å². The van der Waals surface area contributed by atoms with Crippen molar-refractivity contribution in [1.82, 2.24) is 0 Å². The van der Waals surface area contributed by atoms with Gasteiger partial charge in [-0.2, -0.15) is 0 Å². The van der Waals surface area contributed by atoms with Crippen molar-refractivity contribution in [2.75, 3.05) is 10.6 Å². The lowest BCUT2D eigenvalue weighted by Crippen LogP contribution is -2.18. The highest BCUT2D eigenvalue weighted by atomic mass is 79.9. The molecular weight excluding hydrogens is 1080 g/mol. The number of rotatable bonds is 5. The number of nitrogen functional groups attached to an aromatic ring is 1. The lowest BCUT2D eigenvalue weighted by Gasteiger charge is -2.32. The van der Waals surface area contributed by atoms with E-state index in [0.717, 1.165) is 21.3 Å². The van der Waals surface area contributed by atoms with Crippen LogP contribution in [0, 0.1) is 27.7 Å². The molecule has 0 fully saturated rings. The molecule has 412 valence electrons. The second-order valence-electron chi connectivity index (χ2n) is 25.0. The molecule has 84 heavy (non-hydrogen) atoms. The van der Waals surface area contributed by atoms with Crippen molar-refractivity contribution in [3.05, 3.63) is 297 Å². The first-order valence-electron chi connectivity index (χ1n) is 29.5. The van der Waals surface area contributed by atoms with Crippen LogP contribution < -0.4 is 10.6 Å². The second-order valence-corrected chi connectivity index (χ2v) is 25.9. The van der Waals surface area contributed by atoms with Gasteiger partial charge in [-0.15, -0.1) is 0 Å². The molecule has 3 aliphatic carbocycles. The third-order valence-electron chi connectivity index (χ3n) is 18.7. The van der Waals surface area contributed by atoms with Crippen LogP contribution in [0.15, 0.2) is 241 Å². The van der Waals surface area contributed by atoms with Gasteiger partial charge in [0.25, 0.3) is 0 Å². The minimum Gasteiger partial charge on any atom is -0.398 e. The first kappa shape index (κ1) is 54.5. The van der Waals surface area contributed by atoms with Crippen LogP contribution in [0.1, 0.15) is 97.2 Å². The Hall–Kier alpha value is -8.76. The van der Waals surface area contributed by atoms with Crippen molar-refractivity contribution in [2.24, 2.45) is 0 Å². The van der Waals surface area contributed by atoms with E-state index in [1.165, 1.54) is 139 Å². The van der Waals surface area contributed by atoms with E-state index in [2.05, 4.69) is 327 Å². The number of hydrogen-bond donors (Lipinski definition) is 1. The molecule has 3 heteroatoms. The predicted molar refractivity (Wildman–Crippen MR) is 364 cm³/mol.